The van der Waals surface area contributed by atoms with Crippen LogP contribution in [0.4, 0.5) is 0 Å². The van der Waals surface area contributed by atoms with Gasteiger partial charge >= 0.3 is 0 Å². The van der Waals surface area contributed by atoms with E-state index in [2.05, 4.69) is 5.32 Å². The van der Waals surface area contributed by atoms with Crippen LogP contribution in [-0.2, 0) is 20.7 Å². The average Bonchev–Trinajstić information content (AvgIpc) is 2.54. The standard InChI is InChI=1S/C16H20N2O4/c19-15-2-1-3-16(20)18(15)22-14-6-4-12(5-7-14)10-13-11-21-9-8-17-13/h4-7,13,17H,1-3,8-11H2/t13-/m0/s1. The largest absolute Gasteiger partial charge is 0.379 e. The summed E-state index contributed by atoms with van der Waals surface area (Å²) in [6.45, 7) is 2.36. The van der Waals surface area contributed by atoms with Gasteiger partial charge in [0.15, 0.2) is 5.75 Å². The van der Waals surface area contributed by atoms with E-state index in [4.69, 9.17) is 9.57 Å². The van der Waals surface area contributed by atoms with E-state index in [0.29, 0.717) is 31.1 Å². The molecule has 2 amide bonds. The molecule has 0 radical (unpaired) electrons. The van der Waals surface area contributed by atoms with Gasteiger partial charge in [0.2, 0.25) is 0 Å². The van der Waals surface area contributed by atoms with Crippen molar-refractivity contribution < 1.29 is 19.2 Å². The molecule has 1 atom stereocenters. The minimum absolute atomic E-state index is 0.274. The molecule has 0 spiro atoms. The number of piperidine rings is 1. The molecule has 0 aromatic heterocycles. The van der Waals surface area contributed by atoms with Gasteiger partial charge in [-0.2, -0.15) is 0 Å². The highest BCUT2D eigenvalue weighted by molar-refractivity contribution is 5.96. The van der Waals surface area contributed by atoms with E-state index in [1.54, 1.807) is 12.1 Å². The Hall–Kier alpha value is -1.92. The van der Waals surface area contributed by atoms with Crippen molar-refractivity contribution in [1.29, 1.82) is 0 Å². The Kier molecular flexibility index (Phi) is 4.70. The topological polar surface area (TPSA) is 67.9 Å². The fourth-order valence-electron chi connectivity index (χ4n) is 2.66. The summed E-state index contributed by atoms with van der Waals surface area (Å²) in [7, 11) is 0. The quantitative estimate of drug-likeness (QED) is 0.842. The SMILES string of the molecule is O=C1CCCC(=O)N1Oc1ccc(C[C@H]2COCCN2)cc1. The number of rotatable bonds is 4. The first-order valence-corrected chi connectivity index (χ1v) is 7.66. The van der Waals surface area contributed by atoms with E-state index in [-0.39, 0.29) is 11.8 Å². The molecule has 118 valence electrons. The number of nitrogens with one attached hydrogen (secondary N) is 1. The molecule has 22 heavy (non-hydrogen) atoms. The maximum atomic E-state index is 11.7. The number of hydrogen-bond donors (Lipinski definition) is 1. The van der Waals surface area contributed by atoms with Crippen molar-refractivity contribution in [3.63, 3.8) is 0 Å². The molecule has 0 bridgehead atoms. The van der Waals surface area contributed by atoms with Crippen molar-refractivity contribution in [3.8, 4) is 5.75 Å². The summed E-state index contributed by atoms with van der Waals surface area (Å²) in [5.74, 6) is -0.0482. The predicted octanol–water partition coefficient (Wildman–Crippen LogP) is 1.05. The molecule has 1 aromatic rings. The zero-order valence-corrected chi connectivity index (χ0v) is 12.4. The lowest BCUT2D eigenvalue weighted by Crippen LogP contribution is -2.42. The summed E-state index contributed by atoms with van der Waals surface area (Å²) < 4.78 is 5.43. The third-order valence-corrected chi connectivity index (χ3v) is 3.83. The van der Waals surface area contributed by atoms with Crippen molar-refractivity contribution in [1.82, 2.24) is 10.4 Å². The Morgan fingerprint density at radius 1 is 1.18 bits per heavy atom. The van der Waals surface area contributed by atoms with Crippen molar-refractivity contribution in [2.45, 2.75) is 31.7 Å². The first-order valence-electron chi connectivity index (χ1n) is 7.66. The van der Waals surface area contributed by atoms with Crippen LogP contribution >= 0.6 is 0 Å². The first kappa shape index (κ1) is 15.0. The number of carbonyl (C=O) groups excluding carboxylic acids is 2. The third kappa shape index (κ3) is 3.64. The van der Waals surface area contributed by atoms with Gasteiger partial charge in [-0.1, -0.05) is 12.1 Å². The van der Waals surface area contributed by atoms with Crippen molar-refractivity contribution >= 4 is 11.8 Å². The van der Waals surface area contributed by atoms with Gasteiger partial charge in [0, 0.05) is 25.4 Å². The van der Waals surface area contributed by atoms with Gasteiger partial charge in [-0.05, 0) is 30.5 Å². The van der Waals surface area contributed by atoms with Crippen LogP contribution in [0, 0.1) is 0 Å². The maximum absolute atomic E-state index is 11.7. The van der Waals surface area contributed by atoms with E-state index in [1.165, 1.54) is 0 Å². The molecule has 0 saturated carbocycles. The van der Waals surface area contributed by atoms with Crippen molar-refractivity contribution in [3.05, 3.63) is 29.8 Å². The molecular formula is C16H20N2O4. The van der Waals surface area contributed by atoms with E-state index in [0.717, 1.165) is 36.8 Å². The fraction of sp³-hybridized carbons (Fsp3) is 0.500. The van der Waals surface area contributed by atoms with Gasteiger partial charge in [-0.25, -0.2) is 0 Å². The van der Waals surface area contributed by atoms with Gasteiger partial charge in [-0.3, -0.25) is 9.59 Å². The van der Waals surface area contributed by atoms with Gasteiger partial charge in [0.1, 0.15) is 0 Å². The molecule has 0 unspecified atom stereocenters. The highest BCUT2D eigenvalue weighted by atomic mass is 16.7. The number of benzene rings is 1. The van der Waals surface area contributed by atoms with Gasteiger partial charge < -0.3 is 14.9 Å². The van der Waals surface area contributed by atoms with Gasteiger partial charge in [0.05, 0.1) is 13.2 Å². The minimum atomic E-state index is -0.274. The maximum Gasteiger partial charge on any atom is 0.263 e. The smallest absolute Gasteiger partial charge is 0.263 e. The molecule has 6 heteroatoms. The van der Waals surface area contributed by atoms with Crippen molar-refractivity contribution in [2.24, 2.45) is 0 Å². The summed E-state index contributed by atoms with van der Waals surface area (Å²) in [6.07, 6.45) is 2.20. The number of nitrogens with zero attached hydrogens (tertiary/aromatic N) is 1. The number of morpholine rings is 1. The van der Waals surface area contributed by atoms with Crippen LogP contribution in [0.15, 0.2) is 24.3 Å². The molecule has 6 nitrogen and oxygen atoms in total. The Morgan fingerprint density at radius 3 is 2.55 bits per heavy atom. The zero-order valence-electron chi connectivity index (χ0n) is 12.4. The summed E-state index contributed by atoms with van der Waals surface area (Å²) in [5.41, 5.74) is 1.16. The van der Waals surface area contributed by atoms with Gasteiger partial charge in [0.25, 0.3) is 11.8 Å². The van der Waals surface area contributed by atoms with Crippen LogP contribution in [0.1, 0.15) is 24.8 Å². The molecule has 1 aromatic carbocycles. The molecule has 2 fully saturated rings. The molecule has 2 aliphatic rings. The van der Waals surface area contributed by atoms with E-state index < -0.39 is 0 Å². The fourth-order valence-corrected chi connectivity index (χ4v) is 2.66. The zero-order chi connectivity index (χ0) is 15.4. The van der Waals surface area contributed by atoms with Crippen LogP contribution in [0.5, 0.6) is 5.75 Å². The number of imide groups is 1. The van der Waals surface area contributed by atoms with E-state index in [1.807, 2.05) is 12.1 Å². The minimum Gasteiger partial charge on any atom is -0.379 e. The summed E-state index contributed by atoms with van der Waals surface area (Å²) in [6, 6.07) is 7.79. The second-order valence-corrected chi connectivity index (χ2v) is 5.60. The number of hydrogen-bond acceptors (Lipinski definition) is 5. The number of amides is 2. The summed E-state index contributed by atoms with van der Waals surface area (Å²) >= 11 is 0. The molecule has 3 rings (SSSR count). The number of ether oxygens (including phenoxy) is 1. The molecule has 2 saturated heterocycles. The highest BCUT2D eigenvalue weighted by Gasteiger charge is 2.28. The average molecular weight is 304 g/mol. The Bertz CT molecular complexity index is 522. The summed E-state index contributed by atoms with van der Waals surface area (Å²) in [5, 5.41) is 4.29. The Morgan fingerprint density at radius 2 is 1.91 bits per heavy atom. The number of carbonyl (C=O) groups is 2. The number of hydroxylamine groups is 2. The van der Waals surface area contributed by atoms with Crippen molar-refractivity contribution in [2.75, 3.05) is 19.8 Å². The first-order chi connectivity index (χ1) is 10.7. The molecule has 0 aliphatic carbocycles. The molecule has 1 N–H and O–H groups in total. The lowest BCUT2D eigenvalue weighted by Gasteiger charge is -2.25. The monoisotopic (exact) mass is 304 g/mol. The second-order valence-electron chi connectivity index (χ2n) is 5.60. The van der Waals surface area contributed by atoms with Crippen LogP contribution in [0.2, 0.25) is 0 Å². The highest BCUT2D eigenvalue weighted by Crippen LogP contribution is 2.19. The molecule has 2 heterocycles. The summed E-state index contributed by atoms with van der Waals surface area (Å²) in [4.78, 5) is 28.8. The van der Waals surface area contributed by atoms with Crippen LogP contribution in [0.25, 0.3) is 0 Å². The lowest BCUT2D eigenvalue weighted by molar-refractivity contribution is -0.175. The van der Waals surface area contributed by atoms with Crippen LogP contribution < -0.4 is 10.2 Å². The van der Waals surface area contributed by atoms with Crippen LogP contribution in [0.3, 0.4) is 0 Å². The van der Waals surface area contributed by atoms with E-state index in [9.17, 15) is 9.59 Å². The lowest BCUT2D eigenvalue weighted by atomic mass is 10.1. The molecule has 2 aliphatic heterocycles. The third-order valence-electron chi connectivity index (χ3n) is 3.83. The van der Waals surface area contributed by atoms with E-state index >= 15 is 0 Å². The molecular weight excluding hydrogens is 284 g/mol. The Balaban J connectivity index is 1.58. The van der Waals surface area contributed by atoms with Crippen LogP contribution in [-0.4, -0.2) is 42.7 Å². The predicted molar refractivity (Wildman–Crippen MR) is 79.1 cm³/mol. The van der Waals surface area contributed by atoms with Gasteiger partial charge in [-0.15, -0.1) is 5.06 Å². The normalized spacial score (nSPS) is 22.7. The second kappa shape index (κ2) is 6.89. The Labute approximate surface area is 129 Å².